The summed E-state index contributed by atoms with van der Waals surface area (Å²) in [5.74, 6) is 0. The number of hydrogen-bond donors (Lipinski definition) is 0. The van der Waals surface area contributed by atoms with Gasteiger partial charge in [-0.3, -0.25) is 0 Å². The van der Waals surface area contributed by atoms with Gasteiger partial charge < -0.3 is 0 Å². The van der Waals surface area contributed by atoms with E-state index in [0.29, 0.717) is 5.69 Å². The molecular formula is C6H5ClN2O. The lowest BCUT2D eigenvalue weighted by atomic mass is 10.3. The fourth-order valence-corrected chi connectivity index (χ4v) is 0.711. The standard InChI is InChI=1S/C6H5ClN2O/c7-9(8-10)6-4-2-1-3-5-6/h1-5H. The van der Waals surface area contributed by atoms with Crippen LogP contribution < -0.4 is 4.53 Å². The van der Waals surface area contributed by atoms with Crippen LogP contribution in [0, 0.1) is 4.91 Å². The number of para-hydroxylation sites is 1. The van der Waals surface area contributed by atoms with Crippen molar-refractivity contribution in [2.45, 2.75) is 0 Å². The molecule has 0 saturated carbocycles. The molecule has 0 aliphatic carbocycles. The van der Waals surface area contributed by atoms with Crippen LogP contribution in [0.5, 0.6) is 0 Å². The van der Waals surface area contributed by atoms with Gasteiger partial charge in [0.25, 0.3) is 0 Å². The summed E-state index contributed by atoms with van der Waals surface area (Å²) in [4.78, 5) is 9.85. The van der Waals surface area contributed by atoms with Gasteiger partial charge in [-0.15, -0.1) is 9.44 Å². The summed E-state index contributed by atoms with van der Waals surface area (Å²) in [6.45, 7) is 0. The van der Waals surface area contributed by atoms with Crippen molar-refractivity contribution in [1.82, 2.24) is 0 Å². The van der Waals surface area contributed by atoms with Crippen LogP contribution in [-0.4, -0.2) is 0 Å². The summed E-state index contributed by atoms with van der Waals surface area (Å²) in [5.41, 5.74) is 0.569. The molecule has 0 radical (unpaired) electrons. The number of benzene rings is 1. The van der Waals surface area contributed by atoms with Gasteiger partial charge in [0.2, 0.25) is 0 Å². The molecule has 1 rings (SSSR count). The first-order valence-electron chi connectivity index (χ1n) is 2.69. The van der Waals surface area contributed by atoms with E-state index >= 15 is 0 Å². The van der Waals surface area contributed by atoms with Crippen molar-refractivity contribution >= 4 is 17.5 Å². The third kappa shape index (κ3) is 1.45. The molecular weight excluding hydrogens is 152 g/mol. The van der Waals surface area contributed by atoms with Crippen molar-refractivity contribution in [2.24, 2.45) is 5.29 Å². The minimum Gasteiger partial charge on any atom is -0.136 e. The second-order valence-corrected chi connectivity index (χ2v) is 2.00. The lowest BCUT2D eigenvalue weighted by Crippen LogP contribution is -1.96. The molecule has 1 aromatic rings. The Labute approximate surface area is 63.3 Å². The maximum Gasteiger partial charge on any atom is 0.0816 e. The molecule has 0 aliphatic heterocycles. The van der Waals surface area contributed by atoms with E-state index < -0.39 is 0 Å². The summed E-state index contributed by atoms with van der Waals surface area (Å²) < 4.78 is 0.750. The Kier molecular flexibility index (Phi) is 2.23. The van der Waals surface area contributed by atoms with Gasteiger partial charge in [-0.25, -0.2) is 0 Å². The normalized spacial score (nSPS) is 8.90. The molecule has 4 heteroatoms. The van der Waals surface area contributed by atoms with E-state index in [9.17, 15) is 4.91 Å². The minimum absolute atomic E-state index is 0.569. The zero-order chi connectivity index (χ0) is 7.40. The molecule has 0 aromatic heterocycles. The van der Waals surface area contributed by atoms with Crippen molar-refractivity contribution in [3.05, 3.63) is 35.2 Å². The zero-order valence-corrected chi connectivity index (χ0v) is 5.82. The molecule has 0 atom stereocenters. The van der Waals surface area contributed by atoms with Crippen molar-refractivity contribution in [1.29, 1.82) is 0 Å². The van der Waals surface area contributed by atoms with Crippen molar-refractivity contribution in [3.63, 3.8) is 0 Å². The molecule has 0 unspecified atom stereocenters. The smallest absolute Gasteiger partial charge is 0.0816 e. The Morgan fingerprint density at radius 2 is 1.90 bits per heavy atom. The van der Waals surface area contributed by atoms with E-state index in [1.165, 1.54) is 0 Å². The number of halogens is 1. The zero-order valence-electron chi connectivity index (χ0n) is 5.07. The molecule has 1 aromatic carbocycles. The quantitative estimate of drug-likeness (QED) is 0.374. The minimum atomic E-state index is 0.569. The second-order valence-electron chi connectivity index (χ2n) is 1.68. The highest BCUT2D eigenvalue weighted by atomic mass is 35.5. The summed E-state index contributed by atoms with van der Waals surface area (Å²) in [7, 11) is 0. The Morgan fingerprint density at radius 3 is 2.40 bits per heavy atom. The molecule has 0 N–H and O–H groups in total. The molecule has 0 saturated heterocycles. The van der Waals surface area contributed by atoms with E-state index in [4.69, 9.17) is 11.8 Å². The third-order valence-corrected chi connectivity index (χ3v) is 1.30. The van der Waals surface area contributed by atoms with Gasteiger partial charge in [0, 0.05) is 11.8 Å². The fourth-order valence-electron chi connectivity index (χ4n) is 0.598. The molecule has 0 aliphatic rings. The van der Waals surface area contributed by atoms with Crippen LogP contribution in [0.4, 0.5) is 5.69 Å². The lowest BCUT2D eigenvalue weighted by molar-refractivity contribution is 1.17. The molecule has 0 heterocycles. The van der Waals surface area contributed by atoms with Gasteiger partial charge in [0.1, 0.15) is 0 Å². The Balaban J connectivity index is 2.84. The van der Waals surface area contributed by atoms with E-state index in [2.05, 4.69) is 5.29 Å². The number of hydrogen-bond acceptors (Lipinski definition) is 2. The first-order valence-corrected chi connectivity index (χ1v) is 3.02. The topological polar surface area (TPSA) is 32.7 Å². The highest BCUT2D eigenvalue weighted by molar-refractivity contribution is 6.25. The third-order valence-electron chi connectivity index (χ3n) is 1.04. The number of rotatable bonds is 2. The Hall–Kier alpha value is -1.09. The average Bonchev–Trinajstić information content (AvgIpc) is 2.05. The first kappa shape index (κ1) is 7.02. The molecule has 3 nitrogen and oxygen atoms in total. The van der Waals surface area contributed by atoms with Crippen LogP contribution in [0.25, 0.3) is 0 Å². The Morgan fingerprint density at radius 1 is 1.30 bits per heavy atom. The van der Waals surface area contributed by atoms with Gasteiger partial charge >= 0.3 is 0 Å². The molecule has 0 fully saturated rings. The van der Waals surface area contributed by atoms with Crippen LogP contribution in [0.1, 0.15) is 0 Å². The van der Waals surface area contributed by atoms with Crippen LogP contribution in [0.15, 0.2) is 35.6 Å². The van der Waals surface area contributed by atoms with Gasteiger partial charge in [0.15, 0.2) is 0 Å². The highest BCUT2D eigenvalue weighted by Crippen LogP contribution is 2.14. The summed E-state index contributed by atoms with van der Waals surface area (Å²) in [5, 5.41) is 2.51. The second kappa shape index (κ2) is 3.17. The monoisotopic (exact) mass is 156 g/mol. The van der Waals surface area contributed by atoms with Crippen molar-refractivity contribution in [3.8, 4) is 0 Å². The van der Waals surface area contributed by atoms with Crippen molar-refractivity contribution < 1.29 is 0 Å². The number of nitroso groups, excluding NO2 is 1. The van der Waals surface area contributed by atoms with Gasteiger partial charge in [-0.05, 0) is 12.1 Å². The maximum atomic E-state index is 9.85. The van der Waals surface area contributed by atoms with E-state index in [1.807, 2.05) is 6.07 Å². The molecule has 0 spiro atoms. The predicted octanol–water partition coefficient (Wildman–Crippen LogP) is 2.33. The van der Waals surface area contributed by atoms with E-state index in [-0.39, 0.29) is 0 Å². The maximum absolute atomic E-state index is 9.85. The van der Waals surface area contributed by atoms with E-state index in [1.54, 1.807) is 24.3 Å². The fraction of sp³-hybridized carbons (Fsp3) is 0. The van der Waals surface area contributed by atoms with E-state index in [0.717, 1.165) is 4.53 Å². The van der Waals surface area contributed by atoms with Crippen LogP contribution in [0.3, 0.4) is 0 Å². The molecule has 10 heavy (non-hydrogen) atoms. The predicted molar refractivity (Wildman–Crippen MR) is 40.6 cm³/mol. The first-order chi connectivity index (χ1) is 4.84. The van der Waals surface area contributed by atoms with Crippen LogP contribution in [-0.2, 0) is 0 Å². The highest BCUT2D eigenvalue weighted by Gasteiger charge is 1.98. The van der Waals surface area contributed by atoms with Crippen molar-refractivity contribution in [2.75, 3.05) is 4.53 Å². The summed E-state index contributed by atoms with van der Waals surface area (Å²) in [6.07, 6.45) is 0. The summed E-state index contributed by atoms with van der Waals surface area (Å²) in [6, 6.07) is 8.76. The average molecular weight is 157 g/mol. The lowest BCUT2D eigenvalue weighted by Gasteiger charge is -2.01. The number of anilines is 1. The molecule has 0 bridgehead atoms. The SMILES string of the molecule is O=NN(Cl)c1ccccc1. The van der Waals surface area contributed by atoms with Gasteiger partial charge in [-0.2, -0.15) is 0 Å². The summed E-state index contributed by atoms with van der Waals surface area (Å²) >= 11 is 5.34. The Bertz CT molecular complexity index is 214. The van der Waals surface area contributed by atoms with Gasteiger partial charge in [0.05, 0.1) is 11.0 Å². The van der Waals surface area contributed by atoms with Crippen LogP contribution >= 0.6 is 11.8 Å². The number of nitrogens with zero attached hydrogens (tertiary/aromatic N) is 2. The molecule has 52 valence electrons. The van der Waals surface area contributed by atoms with Gasteiger partial charge in [-0.1, -0.05) is 18.2 Å². The largest absolute Gasteiger partial charge is 0.136 e. The van der Waals surface area contributed by atoms with Crippen LogP contribution in [0.2, 0.25) is 0 Å². The molecule has 0 amide bonds.